The Kier molecular flexibility index (Phi) is 7.76. The van der Waals surface area contributed by atoms with Crippen molar-refractivity contribution >= 4 is 17.3 Å². The molecule has 1 amide bonds. The number of fused-ring (bicyclic) bond motifs is 1. The van der Waals surface area contributed by atoms with Crippen LogP contribution < -0.4 is 14.5 Å². The number of benzene rings is 3. The van der Waals surface area contributed by atoms with E-state index in [4.69, 9.17) is 9.47 Å². The number of nitrogens with zero attached hydrogens (tertiary/aromatic N) is 3. The fourth-order valence-corrected chi connectivity index (χ4v) is 6.41. The van der Waals surface area contributed by atoms with Crippen LogP contribution in [0.15, 0.2) is 66.7 Å². The first kappa shape index (κ1) is 26.8. The van der Waals surface area contributed by atoms with Crippen molar-refractivity contribution in [3.8, 4) is 5.75 Å². The SMILES string of the molecule is CCc1ccc(CN2CC3C(C2)C3CN(C(=O)c2ccc(OC)cc2)c2ccc(N3CCOCC3)c(F)c2)cc1. The third kappa shape index (κ3) is 5.58. The number of ether oxygens (including phenoxy) is 2. The van der Waals surface area contributed by atoms with Crippen LogP contribution in [0.4, 0.5) is 15.8 Å². The van der Waals surface area contributed by atoms with Crippen molar-refractivity contribution in [2.75, 3.05) is 62.8 Å². The van der Waals surface area contributed by atoms with E-state index in [9.17, 15) is 4.79 Å². The van der Waals surface area contributed by atoms with E-state index in [2.05, 4.69) is 36.1 Å². The molecule has 0 N–H and O–H groups in total. The summed E-state index contributed by atoms with van der Waals surface area (Å²) in [4.78, 5) is 20.1. The molecule has 6 nitrogen and oxygen atoms in total. The van der Waals surface area contributed by atoms with Gasteiger partial charge in [0.1, 0.15) is 11.6 Å². The molecule has 1 aliphatic carbocycles. The molecule has 40 heavy (non-hydrogen) atoms. The smallest absolute Gasteiger partial charge is 0.258 e. The van der Waals surface area contributed by atoms with Crippen molar-refractivity contribution in [3.05, 3.63) is 89.2 Å². The number of carbonyl (C=O) groups excluding carboxylic acids is 1. The number of halogens is 1. The van der Waals surface area contributed by atoms with Crippen molar-refractivity contribution in [3.63, 3.8) is 0 Å². The minimum Gasteiger partial charge on any atom is -0.497 e. The number of anilines is 2. The average molecular weight is 544 g/mol. The third-order valence-corrected chi connectivity index (χ3v) is 8.85. The number of hydrogen-bond acceptors (Lipinski definition) is 5. The Labute approximate surface area is 236 Å². The Bertz CT molecular complexity index is 1310. The number of carbonyl (C=O) groups is 1. The largest absolute Gasteiger partial charge is 0.497 e. The molecule has 2 atom stereocenters. The molecule has 0 spiro atoms. The molecular formula is C33H38FN3O3. The zero-order chi connectivity index (χ0) is 27.6. The number of piperidine rings is 1. The van der Waals surface area contributed by atoms with E-state index in [1.165, 1.54) is 17.2 Å². The lowest BCUT2D eigenvalue weighted by atomic mass is 10.1. The minimum absolute atomic E-state index is 0.112. The number of hydrogen-bond donors (Lipinski definition) is 0. The number of rotatable bonds is 9. The zero-order valence-electron chi connectivity index (χ0n) is 23.4. The lowest BCUT2D eigenvalue weighted by Crippen LogP contribution is -2.37. The molecule has 210 valence electrons. The molecule has 6 rings (SSSR count). The highest BCUT2D eigenvalue weighted by molar-refractivity contribution is 6.06. The molecule has 3 aromatic rings. The first-order chi connectivity index (χ1) is 19.5. The van der Waals surface area contributed by atoms with Crippen LogP contribution in [0.2, 0.25) is 0 Å². The molecule has 7 heteroatoms. The Balaban J connectivity index is 1.17. The van der Waals surface area contributed by atoms with Gasteiger partial charge in [-0.15, -0.1) is 0 Å². The molecule has 0 aromatic heterocycles. The topological polar surface area (TPSA) is 45.2 Å². The van der Waals surface area contributed by atoms with E-state index < -0.39 is 0 Å². The Hall–Kier alpha value is -3.42. The highest BCUT2D eigenvalue weighted by Crippen LogP contribution is 2.52. The molecule has 0 radical (unpaired) electrons. The fourth-order valence-electron chi connectivity index (χ4n) is 6.41. The normalized spacial score (nSPS) is 22.2. The van der Waals surface area contributed by atoms with Gasteiger partial charge < -0.3 is 19.3 Å². The molecule has 1 saturated carbocycles. The predicted molar refractivity (Wildman–Crippen MR) is 156 cm³/mol. The van der Waals surface area contributed by atoms with Crippen LogP contribution >= 0.6 is 0 Å². The van der Waals surface area contributed by atoms with Crippen molar-refractivity contribution in [1.82, 2.24) is 4.90 Å². The third-order valence-electron chi connectivity index (χ3n) is 8.85. The van der Waals surface area contributed by atoms with E-state index in [0.717, 1.165) is 26.1 Å². The van der Waals surface area contributed by atoms with Crippen molar-refractivity contribution in [2.24, 2.45) is 17.8 Å². The molecule has 3 aromatic carbocycles. The molecule has 2 aliphatic heterocycles. The second-order valence-electron chi connectivity index (χ2n) is 11.2. The van der Waals surface area contributed by atoms with Gasteiger partial charge >= 0.3 is 0 Å². The van der Waals surface area contributed by atoms with Gasteiger partial charge in [-0.2, -0.15) is 0 Å². The molecule has 2 saturated heterocycles. The van der Waals surface area contributed by atoms with Crippen LogP contribution in [0.5, 0.6) is 5.75 Å². The van der Waals surface area contributed by atoms with Gasteiger partial charge in [-0.3, -0.25) is 9.69 Å². The summed E-state index contributed by atoms with van der Waals surface area (Å²) in [5.74, 6) is 1.84. The van der Waals surface area contributed by atoms with Gasteiger partial charge in [0.25, 0.3) is 5.91 Å². The summed E-state index contributed by atoms with van der Waals surface area (Å²) in [5, 5.41) is 0. The number of likely N-dealkylation sites (tertiary alicyclic amines) is 1. The van der Waals surface area contributed by atoms with Crippen LogP contribution in [0, 0.1) is 23.6 Å². The fraction of sp³-hybridized carbons (Fsp3) is 0.424. The maximum absolute atomic E-state index is 15.4. The van der Waals surface area contributed by atoms with Gasteiger partial charge in [-0.05, 0) is 77.8 Å². The Morgan fingerprint density at radius 3 is 2.27 bits per heavy atom. The summed E-state index contributed by atoms with van der Waals surface area (Å²) in [6.07, 6.45) is 1.06. The number of methoxy groups -OCH3 is 1. The van der Waals surface area contributed by atoms with E-state index in [-0.39, 0.29) is 11.7 Å². The first-order valence-electron chi connectivity index (χ1n) is 14.4. The van der Waals surface area contributed by atoms with Gasteiger partial charge in [0, 0.05) is 50.5 Å². The van der Waals surface area contributed by atoms with Crippen LogP contribution in [0.3, 0.4) is 0 Å². The summed E-state index contributed by atoms with van der Waals surface area (Å²) >= 11 is 0. The van der Waals surface area contributed by atoms with Crippen molar-refractivity contribution in [1.29, 1.82) is 0 Å². The summed E-state index contributed by atoms with van der Waals surface area (Å²) < 4.78 is 26.1. The summed E-state index contributed by atoms with van der Waals surface area (Å²) in [7, 11) is 1.61. The van der Waals surface area contributed by atoms with Gasteiger partial charge in [0.15, 0.2) is 0 Å². The van der Waals surface area contributed by atoms with Crippen LogP contribution in [-0.2, 0) is 17.7 Å². The molecule has 2 heterocycles. The maximum Gasteiger partial charge on any atom is 0.258 e. The van der Waals surface area contributed by atoms with Crippen LogP contribution in [0.1, 0.15) is 28.4 Å². The highest BCUT2D eigenvalue weighted by atomic mass is 19.1. The van der Waals surface area contributed by atoms with Gasteiger partial charge in [-0.25, -0.2) is 4.39 Å². The predicted octanol–water partition coefficient (Wildman–Crippen LogP) is 5.26. The average Bonchev–Trinajstić information content (AvgIpc) is 3.44. The molecule has 2 unspecified atom stereocenters. The molecule has 0 bridgehead atoms. The molecule has 3 fully saturated rings. The van der Waals surface area contributed by atoms with Crippen LogP contribution in [-0.4, -0.2) is 63.9 Å². The summed E-state index contributed by atoms with van der Waals surface area (Å²) in [6.45, 7) is 8.33. The van der Waals surface area contributed by atoms with Gasteiger partial charge in [0.2, 0.25) is 0 Å². The number of aryl methyl sites for hydroxylation is 1. The Morgan fingerprint density at radius 2 is 1.65 bits per heavy atom. The van der Waals surface area contributed by atoms with E-state index in [1.54, 1.807) is 36.3 Å². The molecular weight excluding hydrogens is 505 g/mol. The van der Waals surface area contributed by atoms with E-state index >= 15 is 4.39 Å². The summed E-state index contributed by atoms with van der Waals surface area (Å²) in [5.41, 5.74) is 4.45. The lowest BCUT2D eigenvalue weighted by Gasteiger charge is -2.30. The van der Waals surface area contributed by atoms with Crippen molar-refractivity contribution in [2.45, 2.75) is 19.9 Å². The van der Waals surface area contributed by atoms with Gasteiger partial charge in [0.05, 0.1) is 26.0 Å². The second kappa shape index (κ2) is 11.6. The van der Waals surface area contributed by atoms with E-state index in [0.29, 0.717) is 73.3 Å². The van der Waals surface area contributed by atoms with E-state index in [1.807, 2.05) is 17.0 Å². The molecule has 3 aliphatic rings. The monoisotopic (exact) mass is 543 g/mol. The maximum atomic E-state index is 15.4. The lowest BCUT2D eigenvalue weighted by molar-refractivity contribution is 0.0984. The van der Waals surface area contributed by atoms with Gasteiger partial charge in [-0.1, -0.05) is 31.2 Å². The zero-order valence-corrected chi connectivity index (χ0v) is 23.4. The van der Waals surface area contributed by atoms with Crippen LogP contribution in [0.25, 0.3) is 0 Å². The minimum atomic E-state index is -0.303. The Morgan fingerprint density at radius 1 is 0.975 bits per heavy atom. The first-order valence-corrected chi connectivity index (χ1v) is 14.4. The quantitative estimate of drug-likeness (QED) is 0.369. The second-order valence-corrected chi connectivity index (χ2v) is 11.2. The highest BCUT2D eigenvalue weighted by Gasteiger charge is 2.56. The number of amides is 1. The van der Waals surface area contributed by atoms with Crippen molar-refractivity contribution < 1.29 is 18.7 Å². The standard InChI is InChI=1S/C33H38FN3O3/c1-3-23-4-6-24(7-5-23)19-35-20-28-29(21-35)30(28)22-37(33(38)25-8-11-27(39-2)12-9-25)26-10-13-32(31(34)18-26)36-14-16-40-17-15-36/h4-13,18,28-30H,3,14-17,19-22H2,1-2H3. The summed E-state index contributed by atoms with van der Waals surface area (Å²) in [6, 6.07) is 21.3. The number of morpholine rings is 1.